The number of fused-ring (bicyclic) bond motifs is 13. The summed E-state index contributed by atoms with van der Waals surface area (Å²) in [6.45, 7) is 2.46. The zero-order valence-electron chi connectivity index (χ0n) is 32.9. The van der Waals surface area contributed by atoms with E-state index in [0.29, 0.717) is 0 Å². The van der Waals surface area contributed by atoms with Crippen molar-refractivity contribution in [1.82, 2.24) is 14.4 Å². The Labute approximate surface area is 351 Å². The highest BCUT2D eigenvalue weighted by Gasteiger charge is 2.35. The predicted molar refractivity (Wildman–Crippen MR) is 253 cm³/mol. The Kier molecular flexibility index (Phi) is 7.28. The molecule has 0 spiro atoms. The van der Waals surface area contributed by atoms with Gasteiger partial charge in [0.1, 0.15) is 4.83 Å². The summed E-state index contributed by atoms with van der Waals surface area (Å²) in [5.41, 5.74) is 16.3. The van der Waals surface area contributed by atoms with E-state index in [1.165, 1.54) is 98.1 Å². The number of rotatable bonds is 4. The van der Waals surface area contributed by atoms with E-state index in [2.05, 4.69) is 193 Å². The molecule has 0 saturated carbocycles. The van der Waals surface area contributed by atoms with Gasteiger partial charge in [0.2, 0.25) is 0 Å². The molecule has 0 radical (unpaired) electrons. The summed E-state index contributed by atoms with van der Waals surface area (Å²) in [6.07, 6.45) is 0.856. The van der Waals surface area contributed by atoms with E-state index in [4.69, 9.17) is 9.97 Å². The lowest BCUT2D eigenvalue weighted by molar-refractivity contribution is 0.570. The van der Waals surface area contributed by atoms with Gasteiger partial charge in [-0.2, -0.15) is 0 Å². The van der Waals surface area contributed by atoms with Crippen molar-refractivity contribution < 1.29 is 0 Å². The predicted octanol–water partition coefficient (Wildman–Crippen LogP) is 15.1. The van der Waals surface area contributed by atoms with Crippen LogP contribution in [0.25, 0.3) is 103 Å². The summed E-state index contributed by atoms with van der Waals surface area (Å²) < 4.78 is 3.76. The molecular formula is C56H37N3S. The maximum atomic E-state index is 5.71. The lowest BCUT2D eigenvalue weighted by Gasteiger charge is -2.25. The van der Waals surface area contributed by atoms with Gasteiger partial charge in [0.15, 0.2) is 5.82 Å². The molecule has 0 fully saturated rings. The van der Waals surface area contributed by atoms with Gasteiger partial charge >= 0.3 is 0 Å². The van der Waals surface area contributed by atoms with Crippen molar-refractivity contribution >= 4 is 69.7 Å². The minimum Gasteiger partial charge on any atom is -0.308 e. The molecule has 0 N–H and O–H groups in total. The van der Waals surface area contributed by atoms with Crippen LogP contribution in [0.15, 0.2) is 182 Å². The molecule has 0 aliphatic heterocycles. The second kappa shape index (κ2) is 12.9. The van der Waals surface area contributed by atoms with Crippen LogP contribution in [-0.4, -0.2) is 14.4 Å². The number of hydrogen-bond donors (Lipinski definition) is 0. The zero-order chi connectivity index (χ0) is 39.5. The van der Waals surface area contributed by atoms with Gasteiger partial charge in [-0.3, -0.25) is 0 Å². The van der Waals surface area contributed by atoms with Gasteiger partial charge in [0.25, 0.3) is 0 Å². The van der Waals surface area contributed by atoms with Crippen molar-refractivity contribution in [2.75, 3.05) is 0 Å². The molecule has 8 aromatic carbocycles. The van der Waals surface area contributed by atoms with E-state index in [9.17, 15) is 0 Å². The molecule has 60 heavy (non-hydrogen) atoms. The van der Waals surface area contributed by atoms with Crippen molar-refractivity contribution in [2.45, 2.75) is 25.2 Å². The summed E-state index contributed by atoms with van der Waals surface area (Å²) in [6, 6.07) is 66.8. The third-order valence-corrected chi connectivity index (χ3v) is 14.4. The fourth-order valence-electron chi connectivity index (χ4n) is 10.4. The van der Waals surface area contributed by atoms with Crippen LogP contribution in [0.1, 0.15) is 35.6 Å². The number of nitrogens with zero attached hydrogens (tertiary/aromatic N) is 3. The summed E-state index contributed by atoms with van der Waals surface area (Å²) >= 11 is 1.78. The third-order valence-electron chi connectivity index (χ3n) is 13.3. The smallest absolute Gasteiger partial charge is 0.161 e. The van der Waals surface area contributed by atoms with E-state index in [1.807, 2.05) is 0 Å². The number of aromatic nitrogens is 3. The summed E-state index contributed by atoms with van der Waals surface area (Å²) in [4.78, 5) is 12.1. The molecule has 1 aliphatic rings. The Bertz CT molecular complexity index is 3640. The lowest BCUT2D eigenvalue weighted by Crippen LogP contribution is -2.13. The van der Waals surface area contributed by atoms with Crippen LogP contribution in [0.2, 0.25) is 0 Å². The van der Waals surface area contributed by atoms with Gasteiger partial charge in [-0.25, -0.2) is 9.97 Å². The van der Waals surface area contributed by atoms with E-state index in [1.54, 1.807) is 11.3 Å². The van der Waals surface area contributed by atoms with Gasteiger partial charge in [-0.15, -0.1) is 11.3 Å². The molecule has 0 amide bonds. The first-order chi connectivity index (χ1) is 29.7. The minimum absolute atomic E-state index is 0.0769. The highest BCUT2D eigenvalue weighted by atomic mass is 32.1. The first kappa shape index (κ1) is 33.8. The molecule has 282 valence electrons. The zero-order valence-corrected chi connectivity index (χ0v) is 33.7. The topological polar surface area (TPSA) is 30.2 Å². The molecule has 4 aromatic heterocycles. The van der Waals surface area contributed by atoms with E-state index in [0.717, 1.165) is 28.3 Å². The van der Waals surface area contributed by atoms with Crippen LogP contribution in [0.3, 0.4) is 0 Å². The van der Waals surface area contributed by atoms with Crippen molar-refractivity contribution in [1.29, 1.82) is 0 Å². The van der Waals surface area contributed by atoms with Crippen molar-refractivity contribution in [3.05, 3.63) is 199 Å². The molecule has 0 saturated heterocycles. The Morgan fingerprint density at radius 1 is 0.517 bits per heavy atom. The number of benzene rings is 8. The molecule has 13 rings (SSSR count). The van der Waals surface area contributed by atoms with Gasteiger partial charge in [0.05, 0.1) is 22.2 Å². The average Bonchev–Trinajstić information content (AvgIpc) is 3.95. The molecular weight excluding hydrogens is 747 g/mol. The van der Waals surface area contributed by atoms with Crippen LogP contribution in [0, 0.1) is 0 Å². The first-order valence-corrected chi connectivity index (χ1v) is 21.7. The second-order valence-corrected chi connectivity index (χ2v) is 17.5. The van der Waals surface area contributed by atoms with Crippen molar-refractivity contribution in [3.8, 4) is 44.8 Å². The summed E-state index contributed by atoms with van der Waals surface area (Å²) in [7, 11) is 0. The number of hydrogen-bond acceptors (Lipinski definition) is 3. The quantitative estimate of drug-likeness (QED) is 0.178. The monoisotopic (exact) mass is 783 g/mol. The van der Waals surface area contributed by atoms with Crippen LogP contribution in [0.5, 0.6) is 0 Å². The Balaban J connectivity index is 1.11. The molecule has 0 bridgehead atoms. The van der Waals surface area contributed by atoms with Crippen LogP contribution >= 0.6 is 11.3 Å². The van der Waals surface area contributed by atoms with Crippen molar-refractivity contribution in [3.63, 3.8) is 0 Å². The fraction of sp³-hybridized carbons (Fsp3) is 0.0714. The second-order valence-electron chi connectivity index (χ2n) is 16.5. The molecule has 12 aromatic rings. The molecule has 3 nitrogen and oxygen atoms in total. The largest absolute Gasteiger partial charge is 0.308 e. The van der Waals surface area contributed by atoms with Crippen LogP contribution in [-0.2, 0) is 6.42 Å². The lowest BCUT2D eigenvalue weighted by atomic mass is 9.80. The Hall–Kier alpha value is -7.14. The van der Waals surface area contributed by atoms with Crippen LogP contribution in [0.4, 0.5) is 0 Å². The fourth-order valence-corrected chi connectivity index (χ4v) is 11.5. The van der Waals surface area contributed by atoms with Gasteiger partial charge < -0.3 is 4.40 Å². The Morgan fingerprint density at radius 2 is 1.12 bits per heavy atom. The SMILES string of the molecule is C[C@H]1c2cc3c4ccccc4n4c5ccccc5c(c2-c2cc(-c5ccccc5)ccc2CC1c1nc(-c2ccc(-c5ccccc5)cc2)nc2sc5ccccc5c12)c34. The minimum atomic E-state index is 0.0769. The van der Waals surface area contributed by atoms with Crippen LogP contribution < -0.4 is 0 Å². The first-order valence-electron chi connectivity index (χ1n) is 20.9. The molecule has 4 heteroatoms. The molecule has 4 heterocycles. The highest BCUT2D eigenvalue weighted by Crippen LogP contribution is 2.54. The highest BCUT2D eigenvalue weighted by molar-refractivity contribution is 7.25. The van der Waals surface area contributed by atoms with E-state index in [-0.39, 0.29) is 11.8 Å². The Morgan fingerprint density at radius 3 is 1.88 bits per heavy atom. The standard InChI is InChI=1S/C56H37N3S/c1-33-43-32-46-40-18-8-11-21-47(40)59-48-22-12-9-19-41(48)51(54(46)59)50(43)45-30-38(35-16-6-3-7-17-35)28-29-39(45)31-44(33)53-52-42-20-10-13-23-49(42)60-56(52)58-55(57-53)37-26-24-36(25-27-37)34-14-4-2-5-15-34/h2-30,32-33,44H,31H2,1H3/t33-,44?/m0/s1. The maximum absolute atomic E-state index is 5.71. The normalized spacial score (nSPS) is 15.3. The van der Waals surface area contributed by atoms with E-state index < -0.39 is 0 Å². The molecule has 1 unspecified atom stereocenters. The number of para-hydroxylation sites is 2. The maximum Gasteiger partial charge on any atom is 0.161 e. The molecule has 1 aliphatic carbocycles. The van der Waals surface area contributed by atoms with E-state index >= 15 is 0 Å². The van der Waals surface area contributed by atoms with Gasteiger partial charge in [-0.05, 0) is 87.2 Å². The molecule has 2 atom stereocenters. The summed E-state index contributed by atoms with van der Waals surface area (Å²) in [5, 5.41) is 7.69. The third kappa shape index (κ3) is 4.89. The summed E-state index contributed by atoms with van der Waals surface area (Å²) in [5.74, 6) is 0.993. The van der Waals surface area contributed by atoms with Crippen molar-refractivity contribution in [2.24, 2.45) is 0 Å². The van der Waals surface area contributed by atoms with Gasteiger partial charge in [-0.1, -0.05) is 159 Å². The number of thiophene rings is 1. The van der Waals surface area contributed by atoms with Gasteiger partial charge in [0, 0.05) is 48.5 Å². The average molecular weight is 784 g/mol.